The van der Waals surface area contributed by atoms with Gasteiger partial charge in [0.05, 0.1) is 24.4 Å². The first-order chi connectivity index (χ1) is 14.1. The summed E-state index contributed by atoms with van der Waals surface area (Å²) in [5.41, 5.74) is 4.75. The van der Waals surface area contributed by atoms with Gasteiger partial charge in [-0.25, -0.2) is 0 Å². The molecule has 0 amide bonds. The van der Waals surface area contributed by atoms with Crippen molar-refractivity contribution in [1.82, 2.24) is 0 Å². The second-order valence-corrected chi connectivity index (χ2v) is 8.27. The fraction of sp³-hybridized carbons (Fsp3) is 0.440. The molecule has 2 heterocycles. The zero-order valence-corrected chi connectivity index (χ0v) is 17.7. The van der Waals surface area contributed by atoms with Crippen molar-refractivity contribution in [2.24, 2.45) is 9.98 Å². The van der Waals surface area contributed by atoms with Crippen LogP contribution in [0.5, 0.6) is 11.5 Å². The monoisotopic (exact) mass is 390 g/mol. The van der Waals surface area contributed by atoms with E-state index in [1.807, 2.05) is 18.2 Å². The van der Waals surface area contributed by atoms with Gasteiger partial charge in [0, 0.05) is 0 Å². The van der Waals surface area contributed by atoms with Gasteiger partial charge in [-0.3, -0.25) is 9.98 Å². The minimum atomic E-state index is -0.481. The minimum absolute atomic E-state index is 0.481. The summed E-state index contributed by atoms with van der Waals surface area (Å²) in [5, 5.41) is 0. The third kappa shape index (κ3) is 4.21. The van der Waals surface area contributed by atoms with E-state index in [0.29, 0.717) is 13.2 Å². The van der Waals surface area contributed by atoms with Crippen LogP contribution in [-0.4, -0.2) is 30.1 Å². The van der Waals surface area contributed by atoms with E-state index in [2.05, 4.69) is 45.0 Å². The minimum Gasteiger partial charge on any atom is -0.488 e. The molecule has 0 bridgehead atoms. The van der Waals surface area contributed by atoms with Gasteiger partial charge in [-0.2, -0.15) is 0 Å². The number of benzene rings is 2. The maximum atomic E-state index is 6.44. The molecule has 0 aliphatic carbocycles. The predicted octanol–water partition coefficient (Wildman–Crippen LogP) is 5.41. The summed E-state index contributed by atoms with van der Waals surface area (Å²) >= 11 is 0. The van der Waals surface area contributed by atoms with Crippen molar-refractivity contribution in [3.8, 4) is 11.5 Å². The van der Waals surface area contributed by atoms with Crippen molar-refractivity contribution in [2.75, 3.05) is 13.1 Å². The second-order valence-electron chi connectivity index (χ2n) is 8.27. The fourth-order valence-electron chi connectivity index (χ4n) is 4.00. The molecule has 0 aromatic heterocycles. The summed E-state index contributed by atoms with van der Waals surface area (Å²) in [7, 11) is 0. The Labute approximate surface area is 173 Å². The van der Waals surface area contributed by atoms with E-state index >= 15 is 0 Å². The maximum Gasteiger partial charge on any atom is 0.147 e. The Kier molecular flexibility index (Phi) is 5.70. The zero-order valence-electron chi connectivity index (χ0n) is 17.7. The molecule has 0 saturated heterocycles. The average Bonchev–Trinajstić information content (AvgIpc) is 2.72. The van der Waals surface area contributed by atoms with Gasteiger partial charge in [0.25, 0.3) is 0 Å². The Morgan fingerprint density at radius 2 is 1.79 bits per heavy atom. The van der Waals surface area contributed by atoms with E-state index < -0.39 is 5.60 Å². The van der Waals surface area contributed by atoms with Crippen molar-refractivity contribution in [3.63, 3.8) is 0 Å². The predicted molar refractivity (Wildman–Crippen MR) is 119 cm³/mol. The van der Waals surface area contributed by atoms with Crippen molar-refractivity contribution in [1.29, 1.82) is 0 Å². The fourth-order valence-corrected chi connectivity index (χ4v) is 4.00. The molecule has 2 aromatic rings. The van der Waals surface area contributed by atoms with Crippen LogP contribution in [-0.2, 0) is 13.0 Å². The molecule has 0 unspecified atom stereocenters. The first-order valence-electron chi connectivity index (χ1n) is 10.7. The van der Waals surface area contributed by atoms with Gasteiger partial charge >= 0.3 is 0 Å². The Balaban J connectivity index is 1.73. The van der Waals surface area contributed by atoms with Crippen molar-refractivity contribution in [2.45, 2.75) is 58.7 Å². The highest BCUT2D eigenvalue weighted by molar-refractivity contribution is 6.52. The molecule has 152 valence electrons. The third-order valence-corrected chi connectivity index (χ3v) is 5.47. The molecular weight excluding hydrogens is 360 g/mol. The number of unbranched alkanes of at least 4 members (excludes halogenated alkanes) is 2. The highest BCUT2D eigenvalue weighted by atomic mass is 16.5. The molecule has 0 saturated carbocycles. The number of hydrogen-bond donors (Lipinski definition) is 0. The van der Waals surface area contributed by atoms with Crippen LogP contribution >= 0.6 is 0 Å². The smallest absolute Gasteiger partial charge is 0.147 e. The summed E-state index contributed by atoms with van der Waals surface area (Å²) in [6.45, 7) is 8.33. The van der Waals surface area contributed by atoms with Crippen molar-refractivity contribution >= 4 is 11.4 Å². The van der Waals surface area contributed by atoms with E-state index in [4.69, 9.17) is 19.5 Å². The highest BCUT2D eigenvalue weighted by Crippen LogP contribution is 2.40. The van der Waals surface area contributed by atoms with Crippen LogP contribution in [0, 0.1) is 0 Å². The van der Waals surface area contributed by atoms with Crippen LogP contribution in [0.4, 0.5) is 0 Å². The van der Waals surface area contributed by atoms with Gasteiger partial charge < -0.3 is 9.47 Å². The topological polar surface area (TPSA) is 43.2 Å². The van der Waals surface area contributed by atoms with Crippen LogP contribution in [0.2, 0.25) is 0 Å². The molecule has 2 aliphatic heterocycles. The number of aliphatic imine (C=N–C) groups is 2. The molecule has 2 aliphatic rings. The number of hydrogen-bond acceptors (Lipinski definition) is 4. The first-order valence-corrected chi connectivity index (χ1v) is 10.7. The normalized spacial score (nSPS) is 16.8. The lowest BCUT2D eigenvalue weighted by Crippen LogP contribution is -2.48. The van der Waals surface area contributed by atoms with Crippen molar-refractivity contribution < 1.29 is 9.47 Å². The lowest BCUT2D eigenvalue weighted by Gasteiger charge is -2.37. The summed E-state index contributed by atoms with van der Waals surface area (Å²) in [5.74, 6) is 1.72. The Morgan fingerprint density at radius 1 is 1.00 bits per heavy atom. The van der Waals surface area contributed by atoms with Crippen LogP contribution in [0.1, 0.15) is 56.7 Å². The quantitative estimate of drug-likeness (QED) is 0.593. The zero-order chi connectivity index (χ0) is 20.3. The number of aryl methyl sites for hydroxylation is 1. The Bertz CT molecular complexity index is 929. The Hall–Kier alpha value is -2.62. The van der Waals surface area contributed by atoms with Crippen molar-refractivity contribution in [3.05, 3.63) is 59.2 Å². The molecule has 4 nitrogen and oxygen atoms in total. The van der Waals surface area contributed by atoms with E-state index in [1.165, 1.54) is 24.8 Å². The lowest BCUT2D eigenvalue weighted by molar-refractivity contribution is 0.178. The molecule has 0 spiro atoms. The number of nitrogens with zero attached hydrogens (tertiary/aromatic N) is 2. The van der Waals surface area contributed by atoms with Crippen LogP contribution in [0.3, 0.4) is 0 Å². The molecular formula is C25H30N2O2. The van der Waals surface area contributed by atoms with Crippen LogP contribution in [0.15, 0.2) is 52.4 Å². The average molecular weight is 391 g/mol. The van der Waals surface area contributed by atoms with Gasteiger partial charge in [0.2, 0.25) is 0 Å². The standard InChI is InChI=1S/C25H30N2O2/c1-4-5-7-12-19-15-20(28-17-18-10-8-6-9-11-18)22-21(16-19)29-25(2,3)24-23(22)26-13-14-27-24/h6,8-11,15-16H,4-5,7,12-14,17H2,1-3H3. The largest absolute Gasteiger partial charge is 0.488 e. The molecule has 2 aromatic carbocycles. The summed E-state index contributed by atoms with van der Waals surface area (Å²) in [6, 6.07) is 14.6. The van der Waals surface area contributed by atoms with Gasteiger partial charge in [-0.15, -0.1) is 0 Å². The maximum absolute atomic E-state index is 6.44. The molecule has 4 heteroatoms. The van der Waals surface area contributed by atoms with Gasteiger partial charge in [0.15, 0.2) is 0 Å². The van der Waals surface area contributed by atoms with E-state index in [0.717, 1.165) is 47.0 Å². The highest BCUT2D eigenvalue weighted by Gasteiger charge is 2.40. The number of rotatable bonds is 7. The molecule has 29 heavy (non-hydrogen) atoms. The first kappa shape index (κ1) is 19.7. The molecule has 0 N–H and O–H groups in total. The molecule has 0 atom stereocenters. The van der Waals surface area contributed by atoms with Gasteiger partial charge in [-0.1, -0.05) is 50.1 Å². The number of ether oxygens (including phenoxy) is 2. The van der Waals surface area contributed by atoms with E-state index in [1.54, 1.807) is 0 Å². The van der Waals surface area contributed by atoms with E-state index in [-0.39, 0.29) is 0 Å². The summed E-state index contributed by atoms with van der Waals surface area (Å²) in [4.78, 5) is 9.59. The SMILES string of the molecule is CCCCCc1cc(OCc2ccccc2)c2c(c1)OC(C)(C)C1=NCCN=C12. The lowest BCUT2D eigenvalue weighted by atomic mass is 9.87. The molecule has 4 rings (SSSR count). The van der Waals surface area contributed by atoms with E-state index in [9.17, 15) is 0 Å². The van der Waals surface area contributed by atoms with Gasteiger partial charge in [0.1, 0.15) is 29.4 Å². The summed E-state index contributed by atoms with van der Waals surface area (Å²) in [6.07, 6.45) is 4.64. The molecule has 0 fully saturated rings. The second kappa shape index (κ2) is 8.40. The summed E-state index contributed by atoms with van der Waals surface area (Å²) < 4.78 is 12.8. The van der Waals surface area contributed by atoms with Crippen LogP contribution < -0.4 is 9.47 Å². The third-order valence-electron chi connectivity index (χ3n) is 5.47. The van der Waals surface area contributed by atoms with Gasteiger partial charge in [-0.05, 0) is 49.9 Å². The molecule has 0 radical (unpaired) electrons. The van der Waals surface area contributed by atoms with Crippen LogP contribution in [0.25, 0.3) is 0 Å². The number of fused-ring (bicyclic) bond motifs is 3. The Morgan fingerprint density at radius 3 is 2.59 bits per heavy atom.